The fraction of sp³-hybridized carbons (Fsp3) is 0.429. The third kappa shape index (κ3) is 2.28. The fourth-order valence-corrected chi connectivity index (χ4v) is 1.69. The zero-order valence-corrected chi connectivity index (χ0v) is 7.47. The first-order valence-electron chi connectivity index (χ1n) is 3.53. The van der Waals surface area contributed by atoms with E-state index in [4.69, 9.17) is 10.8 Å². The maximum atomic E-state index is 10.4. The Morgan fingerprint density at radius 1 is 1.92 bits per heavy atom. The summed E-state index contributed by atoms with van der Waals surface area (Å²) in [5.41, 5.74) is 5.64. The second-order valence-electron chi connectivity index (χ2n) is 2.61. The minimum atomic E-state index is -0.984. The minimum Gasteiger partial charge on any atom is -0.476 e. The molecule has 5 heteroatoms. The Balaban J connectivity index is 2.71. The standard InChI is InChI=1S/C7H10N2O2S/c1-4(8)2-6-9-5(3-12-6)7(10)11/h3-4H,2,8H2,1H3,(H,10,11)/t4-/m1/s1. The van der Waals surface area contributed by atoms with Crippen LogP contribution in [0.25, 0.3) is 0 Å². The number of carboxylic acids is 1. The van der Waals surface area contributed by atoms with Crippen molar-refractivity contribution in [3.8, 4) is 0 Å². The topological polar surface area (TPSA) is 76.2 Å². The van der Waals surface area contributed by atoms with Crippen molar-refractivity contribution in [2.45, 2.75) is 19.4 Å². The molecule has 3 N–H and O–H groups in total. The van der Waals surface area contributed by atoms with Crippen LogP contribution >= 0.6 is 11.3 Å². The van der Waals surface area contributed by atoms with E-state index in [0.29, 0.717) is 6.42 Å². The van der Waals surface area contributed by atoms with E-state index >= 15 is 0 Å². The number of nitrogens with two attached hydrogens (primary N) is 1. The molecule has 1 aromatic rings. The van der Waals surface area contributed by atoms with Crippen molar-refractivity contribution in [2.75, 3.05) is 0 Å². The molecular formula is C7H10N2O2S. The molecule has 0 bridgehead atoms. The first-order valence-corrected chi connectivity index (χ1v) is 4.41. The third-order valence-corrected chi connectivity index (χ3v) is 2.14. The Bertz CT molecular complexity index is 283. The molecule has 1 aromatic heterocycles. The molecule has 12 heavy (non-hydrogen) atoms. The molecule has 0 aromatic carbocycles. The monoisotopic (exact) mass is 186 g/mol. The molecule has 0 aliphatic heterocycles. The van der Waals surface area contributed by atoms with Gasteiger partial charge in [-0.25, -0.2) is 9.78 Å². The van der Waals surface area contributed by atoms with Gasteiger partial charge in [0.1, 0.15) is 0 Å². The number of thiazole rings is 1. The zero-order chi connectivity index (χ0) is 9.14. The van der Waals surface area contributed by atoms with E-state index in [2.05, 4.69) is 4.98 Å². The lowest BCUT2D eigenvalue weighted by Crippen LogP contribution is -2.17. The first-order chi connectivity index (χ1) is 5.59. The first kappa shape index (κ1) is 9.15. The third-order valence-electron chi connectivity index (χ3n) is 1.27. The van der Waals surface area contributed by atoms with Gasteiger partial charge in [-0.3, -0.25) is 0 Å². The summed E-state index contributed by atoms with van der Waals surface area (Å²) in [5, 5.41) is 10.9. The van der Waals surface area contributed by atoms with Crippen molar-refractivity contribution in [3.05, 3.63) is 16.1 Å². The predicted octanol–water partition coefficient (Wildman–Crippen LogP) is 0.731. The van der Waals surface area contributed by atoms with Gasteiger partial charge in [-0.05, 0) is 6.92 Å². The molecule has 0 spiro atoms. The van der Waals surface area contributed by atoms with Crippen LogP contribution in [-0.2, 0) is 6.42 Å². The molecule has 1 rings (SSSR count). The highest BCUT2D eigenvalue weighted by atomic mass is 32.1. The molecule has 0 saturated heterocycles. The second-order valence-corrected chi connectivity index (χ2v) is 3.56. The summed E-state index contributed by atoms with van der Waals surface area (Å²) in [7, 11) is 0. The highest BCUT2D eigenvalue weighted by molar-refractivity contribution is 7.09. The van der Waals surface area contributed by atoms with Crippen LogP contribution in [0.3, 0.4) is 0 Å². The lowest BCUT2D eigenvalue weighted by Gasteiger charge is -1.98. The summed E-state index contributed by atoms with van der Waals surface area (Å²) in [6, 6.07) is 0.0257. The van der Waals surface area contributed by atoms with E-state index in [-0.39, 0.29) is 11.7 Å². The van der Waals surface area contributed by atoms with Gasteiger partial charge in [0.05, 0.1) is 5.01 Å². The summed E-state index contributed by atoms with van der Waals surface area (Å²) < 4.78 is 0. The summed E-state index contributed by atoms with van der Waals surface area (Å²) in [5.74, 6) is -0.984. The quantitative estimate of drug-likeness (QED) is 0.729. The van der Waals surface area contributed by atoms with Crippen LogP contribution in [-0.4, -0.2) is 22.1 Å². The van der Waals surface area contributed by atoms with Crippen molar-refractivity contribution in [1.29, 1.82) is 0 Å². The molecular weight excluding hydrogens is 176 g/mol. The Morgan fingerprint density at radius 2 is 2.58 bits per heavy atom. The van der Waals surface area contributed by atoms with Gasteiger partial charge in [0.2, 0.25) is 0 Å². The molecule has 0 radical (unpaired) electrons. The number of aromatic carboxylic acids is 1. The fourth-order valence-electron chi connectivity index (χ4n) is 0.778. The molecule has 0 aliphatic rings. The zero-order valence-electron chi connectivity index (χ0n) is 6.65. The highest BCUT2D eigenvalue weighted by Crippen LogP contribution is 2.10. The molecule has 0 saturated carbocycles. The molecule has 0 aliphatic carbocycles. The molecule has 4 nitrogen and oxygen atoms in total. The molecule has 0 fully saturated rings. The second kappa shape index (κ2) is 3.64. The van der Waals surface area contributed by atoms with Crippen molar-refractivity contribution in [3.63, 3.8) is 0 Å². The lowest BCUT2D eigenvalue weighted by molar-refractivity contribution is 0.0691. The lowest BCUT2D eigenvalue weighted by atomic mass is 10.3. The van der Waals surface area contributed by atoms with Crippen molar-refractivity contribution < 1.29 is 9.90 Å². The Morgan fingerprint density at radius 3 is 3.00 bits per heavy atom. The van der Waals surface area contributed by atoms with E-state index < -0.39 is 5.97 Å². The van der Waals surface area contributed by atoms with E-state index in [1.807, 2.05) is 6.92 Å². The Labute approximate surface area is 74.0 Å². The van der Waals surface area contributed by atoms with Gasteiger partial charge in [-0.2, -0.15) is 0 Å². The van der Waals surface area contributed by atoms with Crippen LogP contribution in [0, 0.1) is 0 Å². The number of aromatic nitrogens is 1. The average Bonchev–Trinajstić information content (AvgIpc) is 2.34. The van der Waals surface area contributed by atoms with Gasteiger partial charge in [0.25, 0.3) is 0 Å². The Hall–Kier alpha value is -0.940. The molecule has 1 atom stereocenters. The van der Waals surface area contributed by atoms with Gasteiger partial charge < -0.3 is 10.8 Å². The van der Waals surface area contributed by atoms with Crippen molar-refractivity contribution in [1.82, 2.24) is 4.98 Å². The van der Waals surface area contributed by atoms with E-state index in [1.165, 1.54) is 16.7 Å². The van der Waals surface area contributed by atoms with Crippen LogP contribution < -0.4 is 5.73 Å². The van der Waals surface area contributed by atoms with Crippen LogP contribution in [0.2, 0.25) is 0 Å². The molecule has 66 valence electrons. The van der Waals surface area contributed by atoms with E-state index in [0.717, 1.165) is 5.01 Å². The number of hydrogen-bond donors (Lipinski definition) is 2. The van der Waals surface area contributed by atoms with Crippen LogP contribution in [0.1, 0.15) is 22.4 Å². The van der Waals surface area contributed by atoms with Crippen molar-refractivity contribution in [2.24, 2.45) is 5.73 Å². The maximum absolute atomic E-state index is 10.4. The van der Waals surface area contributed by atoms with E-state index in [9.17, 15) is 4.79 Å². The van der Waals surface area contributed by atoms with Gasteiger partial charge in [0, 0.05) is 17.8 Å². The van der Waals surface area contributed by atoms with Gasteiger partial charge in [-0.1, -0.05) is 0 Å². The Kier molecular flexibility index (Phi) is 2.78. The number of carbonyl (C=O) groups is 1. The number of nitrogens with zero attached hydrogens (tertiary/aromatic N) is 1. The highest BCUT2D eigenvalue weighted by Gasteiger charge is 2.09. The smallest absolute Gasteiger partial charge is 0.355 e. The van der Waals surface area contributed by atoms with Gasteiger partial charge in [0.15, 0.2) is 5.69 Å². The van der Waals surface area contributed by atoms with Gasteiger partial charge >= 0.3 is 5.97 Å². The molecule has 1 heterocycles. The minimum absolute atomic E-state index is 0.0257. The summed E-state index contributed by atoms with van der Waals surface area (Å²) in [4.78, 5) is 14.3. The number of hydrogen-bond acceptors (Lipinski definition) is 4. The van der Waals surface area contributed by atoms with Crippen molar-refractivity contribution >= 4 is 17.3 Å². The van der Waals surface area contributed by atoms with Crippen LogP contribution in [0.4, 0.5) is 0 Å². The normalized spacial score (nSPS) is 12.8. The summed E-state index contributed by atoms with van der Waals surface area (Å²) >= 11 is 1.33. The number of carboxylic acid groups (broad SMARTS) is 1. The number of rotatable bonds is 3. The predicted molar refractivity (Wildman–Crippen MR) is 46.4 cm³/mol. The largest absolute Gasteiger partial charge is 0.476 e. The summed E-state index contributed by atoms with van der Waals surface area (Å²) in [6.07, 6.45) is 0.637. The average molecular weight is 186 g/mol. The van der Waals surface area contributed by atoms with E-state index in [1.54, 1.807) is 0 Å². The van der Waals surface area contributed by atoms with Crippen LogP contribution in [0.15, 0.2) is 5.38 Å². The molecule has 0 unspecified atom stereocenters. The van der Waals surface area contributed by atoms with Gasteiger partial charge in [-0.15, -0.1) is 11.3 Å². The van der Waals surface area contributed by atoms with Crippen LogP contribution in [0.5, 0.6) is 0 Å². The maximum Gasteiger partial charge on any atom is 0.355 e. The summed E-state index contributed by atoms with van der Waals surface area (Å²) in [6.45, 7) is 1.86. The SMILES string of the molecule is C[C@@H](N)Cc1nc(C(=O)O)cs1. The molecule has 0 amide bonds.